The highest BCUT2D eigenvalue weighted by atomic mass is 16.3. The van der Waals surface area contributed by atoms with Crippen LogP contribution in [0.1, 0.15) is 48.3 Å². The molecule has 25 heavy (non-hydrogen) atoms. The van der Waals surface area contributed by atoms with Gasteiger partial charge in [0.25, 0.3) is 11.5 Å². The summed E-state index contributed by atoms with van der Waals surface area (Å²) in [4.78, 5) is 29.5. The van der Waals surface area contributed by atoms with E-state index in [0.29, 0.717) is 24.6 Å². The molecule has 0 saturated carbocycles. The Hall–Kier alpha value is -2.63. The fourth-order valence-corrected chi connectivity index (χ4v) is 3.44. The standard InChI is InChI=1S/C19H23N3O3/c1-3-9-22-15-7-6-12(2)10-14(15)17(23)16(19(22)25)18(24)21-13-5-4-8-20-11-13/h4-5,8,11-12,23H,3,6-7,9-10H2,1-2H3,(H,21,24). The molecular weight excluding hydrogens is 318 g/mol. The summed E-state index contributed by atoms with van der Waals surface area (Å²) in [6.45, 7) is 4.66. The molecule has 0 radical (unpaired) electrons. The van der Waals surface area contributed by atoms with Crippen LogP contribution in [-0.4, -0.2) is 20.6 Å². The van der Waals surface area contributed by atoms with Gasteiger partial charge in [-0.15, -0.1) is 0 Å². The third-order valence-electron chi connectivity index (χ3n) is 4.68. The Labute approximate surface area is 146 Å². The molecule has 0 spiro atoms. The lowest BCUT2D eigenvalue weighted by Crippen LogP contribution is -2.34. The third-order valence-corrected chi connectivity index (χ3v) is 4.68. The van der Waals surface area contributed by atoms with E-state index in [1.54, 1.807) is 22.9 Å². The van der Waals surface area contributed by atoms with Gasteiger partial charge in [-0.3, -0.25) is 14.6 Å². The number of pyridine rings is 2. The number of aromatic nitrogens is 2. The van der Waals surface area contributed by atoms with Gasteiger partial charge < -0.3 is 15.0 Å². The summed E-state index contributed by atoms with van der Waals surface area (Å²) < 4.78 is 1.67. The Kier molecular flexibility index (Phi) is 4.88. The second-order valence-electron chi connectivity index (χ2n) is 6.65. The van der Waals surface area contributed by atoms with Crippen molar-refractivity contribution in [1.29, 1.82) is 0 Å². The van der Waals surface area contributed by atoms with E-state index in [0.717, 1.165) is 30.5 Å². The van der Waals surface area contributed by atoms with Gasteiger partial charge in [-0.1, -0.05) is 13.8 Å². The molecule has 1 amide bonds. The van der Waals surface area contributed by atoms with Gasteiger partial charge in [-0.25, -0.2) is 0 Å². The topological polar surface area (TPSA) is 84.2 Å². The van der Waals surface area contributed by atoms with Crippen molar-refractivity contribution in [3.05, 3.63) is 51.7 Å². The second kappa shape index (κ2) is 7.09. The zero-order valence-corrected chi connectivity index (χ0v) is 14.6. The molecule has 1 unspecified atom stereocenters. The molecule has 0 aromatic carbocycles. The van der Waals surface area contributed by atoms with Crippen molar-refractivity contribution < 1.29 is 9.90 Å². The molecule has 0 aliphatic heterocycles. The molecule has 1 aliphatic rings. The maximum Gasteiger partial charge on any atom is 0.267 e. The fourth-order valence-electron chi connectivity index (χ4n) is 3.44. The number of rotatable bonds is 4. The summed E-state index contributed by atoms with van der Waals surface area (Å²) in [6.07, 6.45) is 6.30. The average Bonchev–Trinajstić information content (AvgIpc) is 2.60. The van der Waals surface area contributed by atoms with Gasteiger partial charge in [0.2, 0.25) is 0 Å². The monoisotopic (exact) mass is 341 g/mol. The highest BCUT2D eigenvalue weighted by Crippen LogP contribution is 2.33. The molecular formula is C19H23N3O3. The first-order chi connectivity index (χ1) is 12.0. The Bertz CT molecular complexity index is 843. The van der Waals surface area contributed by atoms with Crippen LogP contribution in [0, 0.1) is 5.92 Å². The van der Waals surface area contributed by atoms with Crippen LogP contribution >= 0.6 is 0 Å². The minimum atomic E-state index is -0.596. The summed E-state index contributed by atoms with van der Waals surface area (Å²) in [7, 11) is 0. The van der Waals surface area contributed by atoms with Gasteiger partial charge in [0.15, 0.2) is 0 Å². The number of hydrogen-bond acceptors (Lipinski definition) is 4. The van der Waals surface area contributed by atoms with E-state index in [1.807, 2.05) is 6.92 Å². The predicted molar refractivity (Wildman–Crippen MR) is 96.0 cm³/mol. The summed E-state index contributed by atoms with van der Waals surface area (Å²) >= 11 is 0. The minimum Gasteiger partial charge on any atom is -0.507 e. The Morgan fingerprint density at radius 3 is 2.96 bits per heavy atom. The summed E-state index contributed by atoms with van der Waals surface area (Å²) in [5.74, 6) is -0.345. The molecule has 6 heteroatoms. The van der Waals surface area contributed by atoms with Gasteiger partial charge in [-0.05, 0) is 43.7 Å². The van der Waals surface area contributed by atoms with Crippen molar-refractivity contribution in [3.63, 3.8) is 0 Å². The Morgan fingerprint density at radius 2 is 2.28 bits per heavy atom. The number of fused-ring (bicyclic) bond motifs is 1. The van der Waals surface area contributed by atoms with Crippen molar-refractivity contribution in [2.24, 2.45) is 5.92 Å². The predicted octanol–water partition coefficient (Wildman–Crippen LogP) is 2.74. The van der Waals surface area contributed by atoms with Crippen LogP contribution in [-0.2, 0) is 19.4 Å². The maximum atomic E-state index is 12.9. The first-order valence-electron chi connectivity index (χ1n) is 8.71. The summed E-state index contributed by atoms with van der Waals surface area (Å²) in [5.41, 5.74) is 1.50. The molecule has 1 aliphatic carbocycles. The Morgan fingerprint density at radius 1 is 1.48 bits per heavy atom. The molecule has 0 saturated heterocycles. The van der Waals surface area contributed by atoms with Crippen LogP contribution in [0.3, 0.4) is 0 Å². The lowest BCUT2D eigenvalue weighted by Gasteiger charge is -2.26. The van der Waals surface area contributed by atoms with Crippen molar-refractivity contribution in [2.45, 2.75) is 46.1 Å². The zero-order chi connectivity index (χ0) is 18.0. The van der Waals surface area contributed by atoms with Gasteiger partial charge in [-0.2, -0.15) is 0 Å². The maximum absolute atomic E-state index is 12.9. The summed E-state index contributed by atoms with van der Waals surface area (Å²) in [6, 6.07) is 3.38. The number of nitrogens with zero attached hydrogens (tertiary/aromatic N) is 2. The number of nitrogens with one attached hydrogen (secondary N) is 1. The third kappa shape index (κ3) is 3.29. The number of carbonyl (C=O) groups is 1. The van der Waals surface area contributed by atoms with Gasteiger partial charge in [0, 0.05) is 24.0 Å². The second-order valence-corrected chi connectivity index (χ2v) is 6.65. The van der Waals surface area contributed by atoms with Gasteiger partial charge in [0.1, 0.15) is 11.3 Å². The van der Waals surface area contributed by atoms with Crippen molar-refractivity contribution in [3.8, 4) is 5.75 Å². The van der Waals surface area contributed by atoms with E-state index in [9.17, 15) is 14.7 Å². The molecule has 0 fully saturated rings. The number of hydrogen-bond donors (Lipinski definition) is 2. The van der Waals surface area contributed by atoms with E-state index in [2.05, 4.69) is 17.2 Å². The molecule has 132 valence electrons. The quantitative estimate of drug-likeness (QED) is 0.895. The molecule has 2 aromatic rings. The zero-order valence-electron chi connectivity index (χ0n) is 14.6. The molecule has 0 bridgehead atoms. The molecule has 2 aromatic heterocycles. The molecule has 6 nitrogen and oxygen atoms in total. The largest absolute Gasteiger partial charge is 0.507 e. The highest BCUT2D eigenvalue weighted by Gasteiger charge is 2.28. The average molecular weight is 341 g/mol. The number of carbonyl (C=O) groups excluding carboxylic acids is 1. The SMILES string of the molecule is CCCn1c2c(c(O)c(C(=O)Nc3cccnc3)c1=O)CC(C)CC2. The van der Waals surface area contributed by atoms with Gasteiger partial charge >= 0.3 is 0 Å². The molecule has 3 rings (SSSR count). The number of anilines is 1. The lowest BCUT2D eigenvalue weighted by atomic mass is 9.86. The van der Waals surface area contributed by atoms with Crippen molar-refractivity contribution in [2.75, 3.05) is 5.32 Å². The molecule has 2 N–H and O–H groups in total. The first kappa shape index (κ1) is 17.2. The van der Waals surface area contributed by atoms with Crippen LogP contribution in [0.4, 0.5) is 5.69 Å². The molecule has 1 atom stereocenters. The van der Waals surface area contributed by atoms with E-state index in [4.69, 9.17) is 0 Å². The van der Waals surface area contributed by atoms with Crippen LogP contribution in [0.25, 0.3) is 0 Å². The Balaban J connectivity index is 2.09. The van der Waals surface area contributed by atoms with Crippen LogP contribution in [0.5, 0.6) is 5.75 Å². The van der Waals surface area contributed by atoms with Crippen LogP contribution in [0.15, 0.2) is 29.3 Å². The normalized spacial score (nSPS) is 16.3. The minimum absolute atomic E-state index is 0.166. The van der Waals surface area contributed by atoms with Crippen LogP contribution in [0.2, 0.25) is 0 Å². The van der Waals surface area contributed by atoms with Crippen LogP contribution < -0.4 is 10.9 Å². The first-order valence-corrected chi connectivity index (χ1v) is 8.71. The molecule has 2 heterocycles. The van der Waals surface area contributed by atoms with E-state index < -0.39 is 11.5 Å². The lowest BCUT2D eigenvalue weighted by molar-refractivity contribution is 0.102. The number of aromatic hydroxyl groups is 1. The number of amides is 1. The van der Waals surface area contributed by atoms with E-state index in [-0.39, 0.29) is 11.3 Å². The smallest absolute Gasteiger partial charge is 0.267 e. The summed E-state index contributed by atoms with van der Waals surface area (Å²) in [5, 5.41) is 13.3. The van der Waals surface area contributed by atoms with E-state index in [1.165, 1.54) is 6.20 Å². The van der Waals surface area contributed by atoms with Crippen molar-refractivity contribution >= 4 is 11.6 Å². The van der Waals surface area contributed by atoms with E-state index >= 15 is 0 Å². The van der Waals surface area contributed by atoms with Crippen molar-refractivity contribution in [1.82, 2.24) is 9.55 Å². The highest BCUT2D eigenvalue weighted by molar-refractivity contribution is 6.06. The fraction of sp³-hybridized carbons (Fsp3) is 0.421. The van der Waals surface area contributed by atoms with Gasteiger partial charge in [0.05, 0.1) is 11.9 Å².